The fourth-order valence-corrected chi connectivity index (χ4v) is 8.77. The highest BCUT2D eigenvalue weighted by molar-refractivity contribution is 6.05. The number of carbonyl (C=O) groups is 4. The van der Waals surface area contributed by atoms with Crippen molar-refractivity contribution in [2.75, 3.05) is 25.1 Å². The van der Waals surface area contributed by atoms with Gasteiger partial charge in [0.1, 0.15) is 17.7 Å². The molecule has 3 heterocycles. The Bertz CT molecular complexity index is 1640. The fourth-order valence-electron chi connectivity index (χ4n) is 8.77. The van der Waals surface area contributed by atoms with Crippen molar-refractivity contribution in [2.45, 2.75) is 103 Å². The molecule has 3 amide bonds. The van der Waals surface area contributed by atoms with Crippen molar-refractivity contribution in [3.8, 4) is 0 Å². The Morgan fingerprint density at radius 1 is 1.06 bits per heavy atom. The number of carbonyl (C=O) groups excluding carboxylic acids is 4. The number of ether oxygens (including phenoxy) is 2. The lowest BCUT2D eigenvalue weighted by atomic mass is 9.70. The minimum absolute atomic E-state index is 0.109. The minimum atomic E-state index is -1.30. The van der Waals surface area contributed by atoms with Crippen LogP contribution in [0.25, 0.3) is 0 Å². The second-order valence-electron chi connectivity index (χ2n) is 15.1. The third-order valence-electron chi connectivity index (χ3n) is 11.3. The molecule has 0 aromatic heterocycles. The average Bonchev–Trinajstić information content (AvgIpc) is 3.78. The van der Waals surface area contributed by atoms with E-state index in [0.717, 1.165) is 16.8 Å². The molecule has 0 aliphatic carbocycles. The molecule has 280 valence electrons. The van der Waals surface area contributed by atoms with Gasteiger partial charge in [-0.05, 0) is 69.1 Å². The molecule has 10 nitrogen and oxygen atoms in total. The summed E-state index contributed by atoms with van der Waals surface area (Å²) in [6, 6.07) is 12.8. The molecule has 2 aromatic rings. The number of rotatable bonds is 16. The van der Waals surface area contributed by atoms with Crippen LogP contribution in [0.3, 0.4) is 0 Å². The highest BCUT2D eigenvalue weighted by Gasteiger charge is 2.76. The summed E-state index contributed by atoms with van der Waals surface area (Å²) in [5.41, 5.74) is 1.94. The summed E-state index contributed by atoms with van der Waals surface area (Å²) < 4.78 is 13.1. The largest absolute Gasteiger partial charge is 0.455 e. The highest BCUT2D eigenvalue weighted by atomic mass is 16.6. The van der Waals surface area contributed by atoms with E-state index in [1.807, 2.05) is 83.1 Å². The monoisotopic (exact) mass is 713 g/mol. The second-order valence-corrected chi connectivity index (χ2v) is 15.1. The number of aliphatic hydroxyl groups excluding tert-OH is 1. The first kappa shape index (κ1) is 38.9. The van der Waals surface area contributed by atoms with Crippen LogP contribution in [-0.2, 0) is 28.7 Å². The summed E-state index contributed by atoms with van der Waals surface area (Å²) in [6.07, 6.45) is 4.01. The molecule has 3 aliphatic heterocycles. The molecule has 3 fully saturated rings. The first-order valence-corrected chi connectivity index (χ1v) is 18.5. The summed E-state index contributed by atoms with van der Waals surface area (Å²) in [5, 5.41) is 10.8. The van der Waals surface area contributed by atoms with Crippen molar-refractivity contribution in [1.82, 2.24) is 9.80 Å². The number of likely N-dealkylation sites (N-methyl/N-ethyl adjacent to an activating group) is 1. The van der Waals surface area contributed by atoms with Crippen molar-refractivity contribution in [1.29, 1.82) is 0 Å². The van der Waals surface area contributed by atoms with Crippen LogP contribution in [0.1, 0.15) is 75.7 Å². The van der Waals surface area contributed by atoms with Crippen LogP contribution in [0.4, 0.5) is 5.69 Å². The van der Waals surface area contributed by atoms with E-state index in [2.05, 4.69) is 13.2 Å². The average molecular weight is 714 g/mol. The van der Waals surface area contributed by atoms with Gasteiger partial charge in [-0.1, -0.05) is 74.5 Å². The minimum Gasteiger partial charge on any atom is -0.455 e. The molecule has 3 saturated heterocycles. The van der Waals surface area contributed by atoms with Gasteiger partial charge in [0.05, 0.1) is 36.6 Å². The van der Waals surface area contributed by atoms with Crippen molar-refractivity contribution in [2.24, 2.45) is 17.8 Å². The van der Waals surface area contributed by atoms with Gasteiger partial charge in [0, 0.05) is 25.7 Å². The molecule has 0 unspecified atom stereocenters. The van der Waals surface area contributed by atoms with Crippen LogP contribution in [0, 0.1) is 31.6 Å². The Morgan fingerprint density at radius 3 is 2.33 bits per heavy atom. The molecule has 2 bridgehead atoms. The number of fused-ring (bicyclic) bond motifs is 1. The number of aliphatic hydroxyl groups is 1. The molecule has 5 rings (SSSR count). The molecule has 52 heavy (non-hydrogen) atoms. The molecular weight excluding hydrogens is 658 g/mol. The third kappa shape index (κ3) is 7.07. The van der Waals surface area contributed by atoms with Crippen LogP contribution in [0.5, 0.6) is 0 Å². The van der Waals surface area contributed by atoms with Crippen LogP contribution >= 0.6 is 0 Å². The van der Waals surface area contributed by atoms with Gasteiger partial charge in [0.15, 0.2) is 0 Å². The smallest absolute Gasteiger partial charge is 0.313 e. The van der Waals surface area contributed by atoms with E-state index in [1.54, 1.807) is 29.0 Å². The maximum Gasteiger partial charge on any atom is 0.313 e. The lowest BCUT2D eigenvalue weighted by Crippen LogP contribution is -2.59. The number of esters is 1. The maximum absolute atomic E-state index is 15.1. The first-order chi connectivity index (χ1) is 24.8. The molecule has 8 atom stereocenters. The zero-order chi connectivity index (χ0) is 37.9. The van der Waals surface area contributed by atoms with Gasteiger partial charge >= 0.3 is 5.97 Å². The van der Waals surface area contributed by atoms with Gasteiger partial charge in [-0.25, -0.2) is 0 Å². The number of hydrogen-bond donors (Lipinski definition) is 1. The standard InChI is InChI=1S/C42H55N3O7/c1-9-11-20-33(47)43(8)29(7)37(30-18-13-12-14-19-30)51-41(50)34-32-21-22-42(52-32)35(34)39(48)45(31(25-46)24-26(3)4)38(42)40(49)44(23-10-2)36-27(5)16-15-17-28(36)6/h9-10,12-19,26,29,31-32,34-35,37-38,46H,1-2,11,20-25H2,3-8H3/t29-,31-,32+,34-,35-,37+,38+,42-/m1/s1. The molecule has 0 radical (unpaired) electrons. The van der Waals surface area contributed by atoms with Crippen molar-refractivity contribution in [3.63, 3.8) is 0 Å². The maximum atomic E-state index is 15.1. The van der Waals surface area contributed by atoms with Crippen LogP contribution in [0.15, 0.2) is 73.8 Å². The van der Waals surface area contributed by atoms with E-state index in [9.17, 15) is 19.5 Å². The van der Waals surface area contributed by atoms with E-state index in [-0.39, 0.29) is 43.2 Å². The van der Waals surface area contributed by atoms with Crippen LogP contribution in [0.2, 0.25) is 0 Å². The number of anilines is 1. The van der Waals surface area contributed by atoms with Crippen LogP contribution < -0.4 is 4.90 Å². The lowest BCUT2D eigenvalue weighted by Gasteiger charge is -2.40. The fraction of sp³-hybridized carbons (Fsp3) is 0.524. The number of benzene rings is 2. The number of aryl methyl sites for hydroxylation is 2. The van der Waals surface area contributed by atoms with Gasteiger partial charge in [0.25, 0.3) is 5.91 Å². The summed E-state index contributed by atoms with van der Waals surface area (Å²) in [6.45, 7) is 17.2. The number of amides is 3. The first-order valence-electron chi connectivity index (χ1n) is 18.5. The van der Waals surface area contributed by atoms with Gasteiger partial charge in [0.2, 0.25) is 11.8 Å². The summed E-state index contributed by atoms with van der Waals surface area (Å²) >= 11 is 0. The molecule has 10 heteroatoms. The van der Waals surface area contributed by atoms with Gasteiger partial charge in [-0.3, -0.25) is 19.2 Å². The van der Waals surface area contributed by atoms with Gasteiger partial charge < -0.3 is 29.3 Å². The normalized spacial score (nSPS) is 25.0. The number of hydrogen-bond acceptors (Lipinski definition) is 7. The zero-order valence-corrected chi connectivity index (χ0v) is 31.5. The Balaban J connectivity index is 1.55. The predicted molar refractivity (Wildman–Crippen MR) is 200 cm³/mol. The molecular formula is C42H55N3O7. The SMILES string of the molecule is C=CCCC(=O)N(C)[C@H](C)[C@H](OC(=O)[C@@H]1[C@@H]2CC[C@]3(O2)[C@H](C(=O)N(CC=C)c2c(C)cccc2C)N([C@@H](CO)CC(C)C)C(=O)[C@@H]13)c1ccccc1. The number of para-hydroxylation sites is 1. The van der Waals surface area contributed by atoms with Gasteiger partial charge in [-0.2, -0.15) is 0 Å². The Hall–Kier alpha value is -4.28. The number of likely N-dealkylation sites (tertiary alicyclic amines) is 1. The van der Waals surface area contributed by atoms with E-state index >= 15 is 4.79 Å². The Morgan fingerprint density at radius 2 is 1.73 bits per heavy atom. The number of nitrogens with zero attached hydrogens (tertiary/aromatic N) is 3. The van der Waals surface area contributed by atoms with E-state index in [1.165, 1.54) is 4.90 Å². The zero-order valence-electron chi connectivity index (χ0n) is 31.5. The molecule has 1 N–H and O–H groups in total. The number of allylic oxidation sites excluding steroid dienone is 1. The summed E-state index contributed by atoms with van der Waals surface area (Å²) in [5.74, 6) is -3.29. The van der Waals surface area contributed by atoms with E-state index < -0.39 is 53.7 Å². The summed E-state index contributed by atoms with van der Waals surface area (Å²) in [7, 11) is 1.69. The Kier molecular flexibility index (Phi) is 12.1. The quantitative estimate of drug-likeness (QED) is 0.175. The summed E-state index contributed by atoms with van der Waals surface area (Å²) in [4.78, 5) is 62.5. The lowest BCUT2D eigenvalue weighted by molar-refractivity contribution is -0.165. The second kappa shape index (κ2) is 16.2. The van der Waals surface area contributed by atoms with E-state index in [4.69, 9.17) is 9.47 Å². The molecule has 0 saturated carbocycles. The predicted octanol–water partition coefficient (Wildman–Crippen LogP) is 5.70. The van der Waals surface area contributed by atoms with Crippen LogP contribution in [-0.4, -0.2) is 88.6 Å². The van der Waals surface area contributed by atoms with Crippen molar-refractivity contribution < 1.29 is 33.8 Å². The van der Waals surface area contributed by atoms with E-state index in [0.29, 0.717) is 31.2 Å². The third-order valence-corrected chi connectivity index (χ3v) is 11.3. The van der Waals surface area contributed by atoms with Crippen molar-refractivity contribution >= 4 is 29.4 Å². The Labute approximate surface area is 308 Å². The highest BCUT2D eigenvalue weighted by Crippen LogP contribution is 2.59. The molecule has 1 spiro atoms. The molecule has 2 aromatic carbocycles. The topological polar surface area (TPSA) is 117 Å². The van der Waals surface area contributed by atoms with Crippen molar-refractivity contribution in [3.05, 3.63) is 90.5 Å². The van der Waals surface area contributed by atoms with Gasteiger partial charge in [-0.15, -0.1) is 13.2 Å². The molecule has 3 aliphatic rings.